The largest absolute Gasteiger partial charge is 0.436 e. The molecule has 0 spiro atoms. The van der Waals surface area contributed by atoms with E-state index in [1.165, 1.54) is 12.1 Å². The minimum Gasteiger partial charge on any atom is -0.436 e. The van der Waals surface area contributed by atoms with E-state index in [1.54, 1.807) is 6.26 Å². The summed E-state index contributed by atoms with van der Waals surface area (Å²) in [4.78, 5) is 14.2. The SMILES string of the molecule is CSc1nc(Oc2c(Cl)cc(C(F)(F)F)cc2Cl)ccc1[N+](=O)[O-]. The number of rotatable bonds is 4. The summed E-state index contributed by atoms with van der Waals surface area (Å²) in [7, 11) is 0. The van der Waals surface area contributed by atoms with Crippen LogP contribution in [0.2, 0.25) is 10.0 Å². The smallest absolute Gasteiger partial charge is 0.416 e. The molecular weight excluding hydrogens is 392 g/mol. The van der Waals surface area contributed by atoms with Crippen molar-refractivity contribution < 1.29 is 22.8 Å². The van der Waals surface area contributed by atoms with Crippen molar-refractivity contribution in [3.05, 3.63) is 50.0 Å². The van der Waals surface area contributed by atoms with Gasteiger partial charge in [0, 0.05) is 12.1 Å². The third-order valence-corrected chi connectivity index (χ3v) is 3.99. The van der Waals surface area contributed by atoms with Crippen molar-refractivity contribution in [3.63, 3.8) is 0 Å². The number of hydrogen-bond acceptors (Lipinski definition) is 5. The number of ether oxygens (including phenoxy) is 1. The molecule has 0 bridgehead atoms. The van der Waals surface area contributed by atoms with Gasteiger partial charge in [-0.3, -0.25) is 10.1 Å². The Hall–Kier alpha value is -1.71. The molecule has 0 aliphatic carbocycles. The standard InChI is InChI=1S/C13H7Cl2F3N2O3S/c1-24-12-9(20(21)22)2-3-10(19-12)23-11-7(14)4-6(5-8(11)15)13(16,17)18/h2-5H,1H3. The summed E-state index contributed by atoms with van der Waals surface area (Å²) in [5.41, 5.74) is -1.24. The maximum absolute atomic E-state index is 12.7. The molecule has 11 heteroatoms. The van der Waals surface area contributed by atoms with Gasteiger partial charge in [0.25, 0.3) is 0 Å². The van der Waals surface area contributed by atoms with Crippen LogP contribution in [0.5, 0.6) is 11.6 Å². The topological polar surface area (TPSA) is 65.3 Å². The average Bonchev–Trinajstić information content (AvgIpc) is 2.49. The molecule has 128 valence electrons. The molecule has 0 saturated carbocycles. The molecule has 0 aliphatic heterocycles. The van der Waals surface area contributed by atoms with Gasteiger partial charge in [0.15, 0.2) is 10.8 Å². The van der Waals surface area contributed by atoms with Crippen molar-refractivity contribution in [2.24, 2.45) is 0 Å². The first-order valence-electron chi connectivity index (χ1n) is 6.07. The Labute approximate surface area is 147 Å². The van der Waals surface area contributed by atoms with Crippen molar-refractivity contribution in [1.82, 2.24) is 4.98 Å². The van der Waals surface area contributed by atoms with Crippen molar-refractivity contribution in [2.45, 2.75) is 11.2 Å². The third kappa shape index (κ3) is 4.03. The molecule has 1 aromatic carbocycles. The number of hydrogen-bond donors (Lipinski definition) is 0. The second-order valence-electron chi connectivity index (χ2n) is 4.30. The van der Waals surface area contributed by atoms with E-state index in [2.05, 4.69) is 4.98 Å². The first-order chi connectivity index (χ1) is 11.1. The van der Waals surface area contributed by atoms with Gasteiger partial charge in [0.2, 0.25) is 5.88 Å². The first-order valence-corrected chi connectivity index (χ1v) is 8.05. The van der Waals surface area contributed by atoms with E-state index in [9.17, 15) is 23.3 Å². The van der Waals surface area contributed by atoms with Crippen LogP contribution in [0, 0.1) is 10.1 Å². The second-order valence-corrected chi connectivity index (χ2v) is 5.91. The number of halogens is 5. The van der Waals surface area contributed by atoms with Crippen LogP contribution >= 0.6 is 35.0 Å². The van der Waals surface area contributed by atoms with Crippen LogP contribution in [-0.2, 0) is 6.18 Å². The molecule has 24 heavy (non-hydrogen) atoms. The molecule has 2 rings (SSSR count). The van der Waals surface area contributed by atoms with Crippen molar-refractivity contribution >= 4 is 40.7 Å². The zero-order valence-electron chi connectivity index (χ0n) is 11.7. The predicted molar refractivity (Wildman–Crippen MR) is 84.2 cm³/mol. The highest BCUT2D eigenvalue weighted by Crippen LogP contribution is 2.41. The Kier molecular flexibility index (Phi) is 5.46. The van der Waals surface area contributed by atoms with Gasteiger partial charge in [-0.25, -0.2) is 0 Å². The monoisotopic (exact) mass is 398 g/mol. The summed E-state index contributed by atoms with van der Waals surface area (Å²) >= 11 is 12.6. The fourth-order valence-corrected chi connectivity index (χ4v) is 2.78. The summed E-state index contributed by atoms with van der Waals surface area (Å²) in [5.74, 6) is -0.312. The first kappa shape index (κ1) is 18.6. The lowest BCUT2D eigenvalue weighted by atomic mass is 10.2. The van der Waals surface area contributed by atoms with E-state index >= 15 is 0 Å². The molecule has 0 amide bonds. The van der Waals surface area contributed by atoms with Gasteiger partial charge in [-0.2, -0.15) is 18.2 Å². The summed E-state index contributed by atoms with van der Waals surface area (Å²) < 4.78 is 43.4. The van der Waals surface area contributed by atoms with E-state index < -0.39 is 16.7 Å². The van der Waals surface area contributed by atoms with Gasteiger partial charge >= 0.3 is 11.9 Å². The fraction of sp³-hybridized carbons (Fsp3) is 0.154. The van der Waals surface area contributed by atoms with Gasteiger partial charge in [0.1, 0.15) is 0 Å². The van der Waals surface area contributed by atoms with Gasteiger partial charge in [-0.1, -0.05) is 23.2 Å². The highest BCUT2D eigenvalue weighted by molar-refractivity contribution is 7.98. The van der Waals surface area contributed by atoms with E-state index in [1.807, 2.05) is 0 Å². The Balaban J connectivity index is 2.40. The number of thioether (sulfide) groups is 1. The van der Waals surface area contributed by atoms with E-state index in [0.29, 0.717) is 12.1 Å². The van der Waals surface area contributed by atoms with Gasteiger partial charge in [-0.15, -0.1) is 11.8 Å². The summed E-state index contributed by atoms with van der Waals surface area (Å²) in [6.45, 7) is 0. The summed E-state index contributed by atoms with van der Waals surface area (Å²) in [6, 6.07) is 3.70. The predicted octanol–water partition coefficient (Wildman–Crippen LogP) is 5.83. The van der Waals surface area contributed by atoms with Crippen molar-refractivity contribution in [2.75, 3.05) is 6.26 Å². The Morgan fingerprint density at radius 2 is 1.83 bits per heavy atom. The van der Waals surface area contributed by atoms with Gasteiger partial charge < -0.3 is 4.74 Å². The Bertz CT molecular complexity index is 780. The van der Waals surface area contributed by atoms with Crippen molar-refractivity contribution in [1.29, 1.82) is 0 Å². The van der Waals surface area contributed by atoms with E-state index in [-0.39, 0.29) is 32.4 Å². The van der Waals surface area contributed by atoms with Crippen LogP contribution in [0.15, 0.2) is 29.3 Å². The molecule has 0 radical (unpaired) electrons. The highest BCUT2D eigenvalue weighted by Gasteiger charge is 2.32. The number of benzene rings is 1. The molecule has 0 N–H and O–H groups in total. The maximum atomic E-state index is 12.7. The number of pyridine rings is 1. The van der Waals surface area contributed by atoms with Crippen LogP contribution in [0.3, 0.4) is 0 Å². The number of aromatic nitrogens is 1. The molecule has 0 aliphatic rings. The highest BCUT2D eigenvalue weighted by atomic mass is 35.5. The van der Waals surface area contributed by atoms with E-state index in [4.69, 9.17) is 27.9 Å². The molecule has 1 heterocycles. The van der Waals surface area contributed by atoms with Gasteiger partial charge in [-0.05, 0) is 18.4 Å². The van der Waals surface area contributed by atoms with Crippen LogP contribution in [0.25, 0.3) is 0 Å². The zero-order chi connectivity index (χ0) is 18.1. The molecule has 0 fully saturated rings. The fourth-order valence-electron chi connectivity index (χ4n) is 1.69. The third-order valence-electron chi connectivity index (χ3n) is 2.74. The number of alkyl halides is 3. The second kappa shape index (κ2) is 7.04. The number of nitro groups is 1. The lowest BCUT2D eigenvalue weighted by Crippen LogP contribution is -2.05. The van der Waals surface area contributed by atoms with Crippen LogP contribution in [0.1, 0.15) is 5.56 Å². The van der Waals surface area contributed by atoms with E-state index in [0.717, 1.165) is 11.8 Å². The number of nitrogens with zero attached hydrogens (tertiary/aromatic N) is 2. The Morgan fingerprint density at radius 1 is 1.25 bits per heavy atom. The average molecular weight is 399 g/mol. The molecular formula is C13H7Cl2F3N2O3S. The Morgan fingerprint density at radius 3 is 2.29 bits per heavy atom. The lowest BCUT2D eigenvalue weighted by molar-refractivity contribution is -0.388. The molecule has 2 aromatic rings. The van der Waals surface area contributed by atoms with Crippen molar-refractivity contribution in [3.8, 4) is 11.6 Å². The molecule has 0 atom stereocenters. The minimum atomic E-state index is -4.61. The van der Waals surface area contributed by atoms with Gasteiger partial charge in [0.05, 0.1) is 20.5 Å². The van der Waals surface area contributed by atoms with Crippen LogP contribution in [-0.4, -0.2) is 16.2 Å². The summed E-state index contributed by atoms with van der Waals surface area (Å²) in [6.07, 6.45) is -3.03. The normalized spacial score (nSPS) is 11.4. The van der Waals surface area contributed by atoms with Crippen LogP contribution < -0.4 is 4.74 Å². The summed E-state index contributed by atoms with van der Waals surface area (Å²) in [5, 5.41) is 10.2. The minimum absolute atomic E-state index is 0.0802. The molecule has 0 saturated heterocycles. The lowest BCUT2D eigenvalue weighted by Gasteiger charge is -2.13. The molecule has 1 aromatic heterocycles. The molecule has 0 unspecified atom stereocenters. The maximum Gasteiger partial charge on any atom is 0.416 e. The zero-order valence-corrected chi connectivity index (χ0v) is 14.1. The van der Waals surface area contributed by atoms with Crippen LogP contribution in [0.4, 0.5) is 18.9 Å². The molecule has 5 nitrogen and oxygen atoms in total. The quantitative estimate of drug-likeness (QED) is 0.368.